The highest BCUT2D eigenvalue weighted by Crippen LogP contribution is 2.25. The van der Waals surface area contributed by atoms with Crippen LogP contribution in [0.3, 0.4) is 0 Å². The van der Waals surface area contributed by atoms with Gasteiger partial charge < -0.3 is 5.11 Å². The van der Waals surface area contributed by atoms with Gasteiger partial charge in [0.05, 0.1) is 27.3 Å². The molecule has 1 aliphatic rings. The molecule has 0 fully saturated rings. The third-order valence-electron chi connectivity index (χ3n) is 4.51. The molecule has 0 saturated heterocycles. The van der Waals surface area contributed by atoms with Gasteiger partial charge in [-0.25, -0.2) is 15.0 Å². The van der Waals surface area contributed by atoms with Gasteiger partial charge in [0, 0.05) is 0 Å². The molecular weight excluding hydrogens is 380 g/mol. The Labute approximate surface area is 170 Å². The van der Waals surface area contributed by atoms with Gasteiger partial charge in [0.15, 0.2) is 4.80 Å². The summed E-state index contributed by atoms with van der Waals surface area (Å²) in [6.07, 6.45) is 3.49. The van der Waals surface area contributed by atoms with E-state index in [9.17, 15) is 5.11 Å². The van der Waals surface area contributed by atoms with Crippen LogP contribution in [0.1, 0.15) is 4.88 Å². The predicted molar refractivity (Wildman–Crippen MR) is 116 cm³/mol. The van der Waals surface area contributed by atoms with Crippen molar-refractivity contribution in [2.24, 2.45) is 15.0 Å². The van der Waals surface area contributed by atoms with Gasteiger partial charge in [-0.15, -0.1) is 0 Å². The molecule has 2 heterocycles. The van der Waals surface area contributed by atoms with Gasteiger partial charge in [0.25, 0.3) is 0 Å². The second kappa shape index (κ2) is 7.33. The van der Waals surface area contributed by atoms with Gasteiger partial charge in [0.1, 0.15) is 6.34 Å². The molecule has 0 saturated carbocycles. The van der Waals surface area contributed by atoms with Gasteiger partial charge in [-0.2, -0.15) is 0 Å². The molecule has 1 aromatic heterocycles. The molecule has 0 bridgehead atoms. The second-order valence-corrected chi connectivity index (χ2v) is 7.47. The highest BCUT2D eigenvalue weighted by molar-refractivity contribution is 7.10. The molecule has 0 radical (unpaired) electrons. The van der Waals surface area contributed by atoms with Crippen LogP contribution < -0.4 is 15.4 Å². The maximum absolute atomic E-state index is 11.0. The molecule has 0 atom stereocenters. The number of hydrogen-bond donors (Lipinski definition) is 1. The molecule has 5 nitrogen and oxygen atoms in total. The summed E-state index contributed by atoms with van der Waals surface area (Å²) in [6, 6.07) is 25.3. The fourth-order valence-electron chi connectivity index (χ4n) is 3.13. The van der Waals surface area contributed by atoms with Gasteiger partial charge in [-0.05, 0) is 47.7 Å². The van der Waals surface area contributed by atoms with E-state index in [1.807, 2.05) is 84.9 Å². The highest BCUT2D eigenvalue weighted by Gasteiger charge is 2.13. The van der Waals surface area contributed by atoms with Gasteiger partial charge in [-0.3, -0.25) is 4.57 Å². The van der Waals surface area contributed by atoms with E-state index in [1.54, 1.807) is 10.9 Å². The van der Waals surface area contributed by atoms with Crippen molar-refractivity contribution in [1.29, 1.82) is 0 Å². The van der Waals surface area contributed by atoms with Crippen molar-refractivity contribution in [2.75, 3.05) is 0 Å². The Morgan fingerprint density at radius 2 is 1.69 bits per heavy atom. The minimum Gasteiger partial charge on any atom is -0.493 e. The fourth-order valence-corrected chi connectivity index (χ4v) is 4.14. The number of fused-ring (bicyclic) bond motifs is 1. The van der Waals surface area contributed by atoms with Crippen LogP contribution in [0, 0.1) is 0 Å². The van der Waals surface area contributed by atoms with Crippen molar-refractivity contribution in [1.82, 2.24) is 4.57 Å². The lowest BCUT2D eigenvalue weighted by Crippen LogP contribution is -2.11. The van der Waals surface area contributed by atoms with E-state index in [1.165, 1.54) is 11.3 Å². The zero-order valence-electron chi connectivity index (χ0n) is 15.3. The number of para-hydroxylation sites is 2. The summed E-state index contributed by atoms with van der Waals surface area (Å²) >= 11 is 1.43. The average molecular weight is 396 g/mol. The molecule has 0 aliphatic carbocycles. The van der Waals surface area contributed by atoms with E-state index in [0.717, 1.165) is 32.5 Å². The van der Waals surface area contributed by atoms with E-state index in [2.05, 4.69) is 9.98 Å². The molecule has 0 spiro atoms. The van der Waals surface area contributed by atoms with Crippen LogP contribution in [0.2, 0.25) is 0 Å². The maximum atomic E-state index is 11.0. The SMILES string of the molecule is Oc1c(C=c2ccc3c(c2)N=CN=3)sc(=Nc2ccccc2)n1-c1ccccc1. The van der Waals surface area contributed by atoms with Crippen molar-refractivity contribution in [2.45, 2.75) is 0 Å². The van der Waals surface area contributed by atoms with Gasteiger partial charge in [-0.1, -0.05) is 53.8 Å². The molecule has 1 aliphatic heterocycles. The largest absolute Gasteiger partial charge is 0.493 e. The number of aromatic nitrogens is 1. The van der Waals surface area contributed by atoms with Crippen molar-refractivity contribution >= 4 is 35.1 Å². The molecule has 4 aromatic rings. The normalized spacial score (nSPS) is 13.5. The van der Waals surface area contributed by atoms with Crippen molar-refractivity contribution in [3.05, 3.63) is 99.1 Å². The Bertz CT molecular complexity index is 1400. The average Bonchev–Trinajstić information content (AvgIpc) is 3.34. The molecule has 140 valence electrons. The molecule has 5 rings (SSSR count). The molecule has 6 heteroatoms. The number of benzene rings is 3. The predicted octanol–water partition coefficient (Wildman–Crippen LogP) is 3.60. The van der Waals surface area contributed by atoms with Crippen molar-refractivity contribution < 1.29 is 5.11 Å². The molecule has 0 unspecified atom stereocenters. The Hall–Kier alpha value is -3.77. The summed E-state index contributed by atoms with van der Waals surface area (Å²) < 4.78 is 1.77. The first kappa shape index (κ1) is 17.3. The van der Waals surface area contributed by atoms with E-state index >= 15 is 0 Å². The van der Waals surface area contributed by atoms with E-state index in [0.29, 0.717) is 4.80 Å². The third-order valence-corrected chi connectivity index (χ3v) is 5.49. The number of rotatable bonds is 3. The lowest BCUT2D eigenvalue weighted by atomic mass is 10.2. The van der Waals surface area contributed by atoms with Crippen LogP contribution in [0.25, 0.3) is 11.8 Å². The first-order valence-electron chi connectivity index (χ1n) is 9.10. The summed E-state index contributed by atoms with van der Waals surface area (Å²) in [6.45, 7) is 0. The lowest BCUT2D eigenvalue weighted by molar-refractivity contribution is 0.439. The van der Waals surface area contributed by atoms with Crippen LogP contribution in [0.15, 0.2) is 93.8 Å². The van der Waals surface area contributed by atoms with Crippen LogP contribution in [-0.2, 0) is 0 Å². The molecule has 3 aromatic carbocycles. The lowest BCUT2D eigenvalue weighted by Gasteiger charge is -2.04. The zero-order valence-corrected chi connectivity index (χ0v) is 16.1. The number of hydrogen-bond acceptors (Lipinski definition) is 5. The highest BCUT2D eigenvalue weighted by atomic mass is 32.1. The number of aliphatic imine (C=N–C) groups is 1. The Morgan fingerprint density at radius 1 is 0.931 bits per heavy atom. The Kier molecular flexibility index (Phi) is 4.38. The number of aromatic hydroxyl groups is 1. The van der Waals surface area contributed by atoms with E-state index in [4.69, 9.17) is 4.99 Å². The Morgan fingerprint density at radius 3 is 2.48 bits per heavy atom. The summed E-state index contributed by atoms with van der Waals surface area (Å²) in [7, 11) is 0. The van der Waals surface area contributed by atoms with Crippen molar-refractivity contribution in [3.63, 3.8) is 0 Å². The second-order valence-electron chi connectivity index (χ2n) is 6.46. The first-order chi connectivity index (χ1) is 14.3. The summed E-state index contributed by atoms with van der Waals surface area (Å²) in [5, 5.41) is 12.8. The quantitative estimate of drug-likeness (QED) is 0.565. The molecular formula is C23H16N4OS. The molecule has 29 heavy (non-hydrogen) atoms. The maximum Gasteiger partial charge on any atom is 0.215 e. The topological polar surface area (TPSA) is 62.2 Å². The minimum absolute atomic E-state index is 0.157. The molecule has 0 amide bonds. The monoisotopic (exact) mass is 396 g/mol. The van der Waals surface area contributed by atoms with Crippen LogP contribution in [0.5, 0.6) is 5.88 Å². The van der Waals surface area contributed by atoms with Crippen molar-refractivity contribution in [3.8, 4) is 11.6 Å². The van der Waals surface area contributed by atoms with Crippen LogP contribution in [-0.4, -0.2) is 16.0 Å². The summed E-state index contributed by atoms with van der Waals surface area (Å²) in [4.78, 5) is 14.6. The van der Waals surface area contributed by atoms with E-state index in [-0.39, 0.29) is 5.88 Å². The summed E-state index contributed by atoms with van der Waals surface area (Å²) in [5.41, 5.74) is 2.52. The third kappa shape index (κ3) is 3.41. The smallest absolute Gasteiger partial charge is 0.215 e. The standard InChI is InChI=1S/C23H16N4OS/c28-22-21(14-16-11-12-19-20(13-16)25-15-24-19)29-23(26-17-7-3-1-4-8-17)27(22)18-9-5-2-6-10-18/h1-15,28H. The van der Waals surface area contributed by atoms with Gasteiger partial charge >= 0.3 is 0 Å². The van der Waals surface area contributed by atoms with E-state index < -0.39 is 0 Å². The molecule has 1 N–H and O–H groups in total. The minimum atomic E-state index is 0.157. The van der Waals surface area contributed by atoms with Crippen LogP contribution in [0.4, 0.5) is 11.4 Å². The first-order valence-corrected chi connectivity index (χ1v) is 9.92. The number of thiazole rings is 1. The van der Waals surface area contributed by atoms with Gasteiger partial charge in [0.2, 0.25) is 5.88 Å². The Balaban J connectivity index is 1.72. The number of nitrogens with zero attached hydrogens (tertiary/aromatic N) is 4. The fraction of sp³-hybridized carbons (Fsp3) is 0. The zero-order chi connectivity index (χ0) is 19.6. The van der Waals surface area contributed by atoms with Crippen LogP contribution >= 0.6 is 11.3 Å². The summed E-state index contributed by atoms with van der Waals surface area (Å²) in [5.74, 6) is 0.157.